The van der Waals surface area contributed by atoms with Crippen LogP contribution in [-0.4, -0.2) is 31.1 Å². The Bertz CT molecular complexity index is 809. The van der Waals surface area contributed by atoms with Crippen molar-refractivity contribution in [3.05, 3.63) is 46.2 Å². The van der Waals surface area contributed by atoms with Gasteiger partial charge in [-0.2, -0.15) is 4.68 Å². The number of nitrogens with one attached hydrogen (secondary N) is 1. The average molecular weight is 314 g/mol. The zero-order valence-corrected chi connectivity index (χ0v) is 13.0. The summed E-state index contributed by atoms with van der Waals surface area (Å²) >= 11 is 1.32. The van der Waals surface area contributed by atoms with Crippen molar-refractivity contribution in [3.63, 3.8) is 0 Å². The van der Waals surface area contributed by atoms with Crippen LogP contribution in [0.1, 0.15) is 28.1 Å². The van der Waals surface area contributed by atoms with Gasteiger partial charge in [0.2, 0.25) is 0 Å². The standard InChI is InChI=1S/C14H14N6OS/c1-3-12-17-18-19-20(12)11-7-5-4-6-10(11)16-14(21)13-9(2)15-8-22-13/h4-8H,3H2,1-2H3,(H,16,21). The van der Waals surface area contributed by atoms with Crippen molar-refractivity contribution in [1.29, 1.82) is 0 Å². The van der Waals surface area contributed by atoms with E-state index in [-0.39, 0.29) is 5.91 Å². The number of nitrogens with zero attached hydrogens (tertiary/aromatic N) is 5. The van der Waals surface area contributed by atoms with Crippen molar-refractivity contribution in [2.75, 3.05) is 5.32 Å². The molecule has 112 valence electrons. The van der Waals surface area contributed by atoms with Crippen LogP contribution in [0.3, 0.4) is 0 Å². The number of aromatic nitrogens is 5. The molecule has 0 saturated heterocycles. The summed E-state index contributed by atoms with van der Waals surface area (Å²) in [5.41, 5.74) is 3.77. The van der Waals surface area contributed by atoms with Crippen molar-refractivity contribution < 1.29 is 4.79 Å². The van der Waals surface area contributed by atoms with E-state index in [1.807, 2.05) is 38.1 Å². The molecule has 1 aromatic carbocycles. The van der Waals surface area contributed by atoms with Gasteiger partial charge in [-0.3, -0.25) is 4.79 Å². The highest BCUT2D eigenvalue weighted by atomic mass is 32.1. The van der Waals surface area contributed by atoms with Gasteiger partial charge in [-0.25, -0.2) is 4.98 Å². The molecule has 3 aromatic rings. The molecule has 0 fully saturated rings. The van der Waals surface area contributed by atoms with Crippen LogP contribution in [0.25, 0.3) is 5.69 Å². The Kier molecular flexibility index (Phi) is 3.92. The Morgan fingerprint density at radius 2 is 2.18 bits per heavy atom. The third-order valence-electron chi connectivity index (χ3n) is 3.18. The number of hydrogen-bond acceptors (Lipinski definition) is 6. The molecule has 0 radical (unpaired) electrons. The molecule has 0 aliphatic heterocycles. The number of amides is 1. The third-order valence-corrected chi connectivity index (χ3v) is 4.11. The highest BCUT2D eigenvalue weighted by molar-refractivity contribution is 7.12. The summed E-state index contributed by atoms with van der Waals surface area (Å²) in [6.45, 7) is 3.79. The van der Waals surface area contributed by atoms with Crippen molar-refractivity contribution in [1.82, 2.24) is 25.2 Å². The number of rotatable bonds is 4. The Hall–Kier alpha value is -2.61. The zero-order valence-electron chi connectivity index (χ0n) is 12.1. The molecule has 22 heavy (non-hydrogen) atoms. The van der Waals surface area contributed by atoms with Gasteiger partial charge in [0, 0.05) is 6.42 Å². The molecular weight excluding hydrogens is 300 g/mol. The Morgan fingerprint density at radius 1 is 1.36 bits per heavy atom. The smallest absolute Gasteiger partial charge is 0.267 e. The van der Waals surface area contributed by atoms with Crippen molar-refractivity contribution in [2.45, 2.75) is 20.3 Å². The summed E-state index contributed by atoms with van der Waals surface area (Å²) in [6, 6.07) is 7.42. The van der Waals surface area contributed by atoms with Crippen LogP contribution >= 0.6 is 11.3 Å². The molecule has 8 heteroatoms. The number of benzene rings is 1. The number of carbonyl (C=O) groups excluding carboxylic acids is 1. The van der Waals surface area contributed by atoms with Crippen LogP contribution in [0.5, 0.6) is 0 Å². The predicted octanol–water partition coefficient (Wildman–Crippen LogP) is 2.24. The molecule has 0 unspecified atom stereocenters. The summed E-state index contributed by atoms with van der Waals surface area (Å²) in [7, 11) is 0. The van der Waals surface area contributed by atoms with E-state index in [9.17, 15) is 4.79 Å². The molecule has 0 aliphatic rings. The minimum absolute atomic E-state index is 0.182. The van der Waals surface area contributed by atoms with Gasteiger partial charge in [0.15, 0.2) is 5.82 Å². The molecule has 0 saturated carbocycles. The maximum Gasteiger partial charge on any atom is 0.267 e. The molecule has 2 aromatic heterocycles. The zero-order chi connectivity index (χ0) is 15.5. The summed E-state index contributed by atoms with van der Waals surface area (Å²) in [5.74, 6) is 0.550. The minimum Gasteiger partial charge on any atom is -0.319 e. The van der Waals surface area contributed by atoms with E-state index in [0.717, 1.165) is 17.2 Å². The lowest BCUT2D eigenvalue weighted by atomic mass is 10.2. The summed E-state index contributed by atoms with van der Waals surface area (Å²) < 4.78 is 1.63. The van der Waals surface area contributed by atoms with Gasteiger partial charge in [-0.1, -0.05) is 19.1 Å². The molecule has 2 heterocycles. The fourth-order valence-electron chi connectivity index (χ4n) is 2.08. The molecular formula is C14H14N6OS. The van der Waals surface area contributed by atoms with Crippen LogP contribution in [0.15, 0.2) is 29.8 Å². The number of para-hydroxylation sites is 2. The SMILES string of the molecule is CCc1nnnn1-c1ccccc1NC(=O)c1scnc1C. The Labute approximate surface area is 131 Å². The van der Waals surface area contributed by atoms with E-state index in [4.69, 9.17) is 0 Å². The second-order valence-electron chi connectivity index (χ2n) is 4.60. The molecule has 7 nitrogen and oxygen atoms in total. The van der Waals surface area contributed by atoms with Gasteiger partial charge < -0.3 is 5.32 Å². The minimum atomic E-state index is -0.182. The van der Waals surface area contributed by atoms with E-state index in [1.54, 1.807) is 10.2 Å². The quantitative estimate of drug-likeness (QED) is 0.798. The third kappa shape index (κ3) is 2.60. The summed E-state index contributed by atoms with van der Waals surface area (Å²) in [5, 5.41) is 14.6. The normalized spacial score (nSPS) is 10.6. The number of hydrogen-bond donors (Lipinski definition) is 1. The van der Waals surface area contributed by atoms with E-state index in [1.165, 1.54) is 11.3 Å². The molecule has 1 N–H and O–H groups in total. The Balaban J connectivity index is 1.96. The van der Waals surface area contributed by atoms with Crippen molar-refractivity contribution in [3.8, 4) is 5.69 Å². The maximum atomic E-state index is 12.4. The number of thiazole rings is 1. The fraction of sp³-hybridized carbons (Fsp3) is 0.214. The largest absolute Gasteiger partial charge is 0.319 e. The number of carbonyl (C=O) groups is 1. The number of tetrazole rings is 1. The van der Waals surface area contributed by atoms with Gasteiger partial charge in [-0.15, -0.1) is 16.4 Å². The van der Waals surface area contributed by atoms with Crippen LogP contribution in [-0.2, 0) is 6.42 Å². The second-order valence-corrected chi connectivity index (χ2v) is 5.45. The first kappa shape index (κ1) is 14.3. The van der Waals surface area contributed by atoms with Gasteiger partial charge in [0.05, 0.1) is 22.6 Å². The number of anilines is 1. The summed E-state index contributed by atoms with van der Waals surface area (Å²) in [4.78, 5) is 17.1. The molecule has 0 aliphatic carbocycles. The molecule has 1 amide bonds. The molecule has 0 bridgehead atoms. The lowest BCUT2D eigenvalue weighted by molar-refractivity contribution is 0.103. The van der Waals surface area contributed by atoms with Crippen molar-refractivity contribution in [2.24, 2.45) is 0 Å². The highest BCUT2D eigenvalue weighted by Gasteiger charge is 2.16. The van der Waals surface area contributed by atoms with Crippen LogP contribution in [0, 0.1) is 6.92 Å². The van der Waals surface area contributed by atoms with Crippen LogP contribution in [0.2, 0.25) is 0 Å². The summed E-state index contributed by atoms with van der Waals surface area (Å²) in [6.07, 6.45) is 0.698. The predicted molar refractivity (Wildman–Crippen MR) is 83.3 cm³/mol. The topological polar surface area (TPSA) is 85.6 Å². The molecule has 0 atom stereocenters. The van der Waals surface area contributed by atoms with E-state index < -0.39 is 0 Å². The van der Waals surface area contributed by atoms with Gasteiger partial charge in [0.1, 0.15) is 4.88 Å². The lowest BCUT2D eigenvalue weighted by Gasteiger charge is -2.11. The van der Waals surface area contributed by atoms with Gasteiger partial charge >= 0.3 is 0 Å². The molecule has 3 rings (SSSR count). The van der Waals surface area contributed by atoms with E-state index in [2.05, 4.69) is 25.8 Å². The van der Waals surface area contributed by atoms with E-state index >= 15 is 0 Å². The lowest BCUT2D eigenvalue weighted by Crippen LogP contribution is -2.14. The maximum absolute atomic E-state index is 12.4. The average Bonchev–Trinajstić information content (AvgIpc) is 3.16. The van der Waals surface area contributed by atoms with E-state index in [0.29, 0.717) is 17.0 Å². The Morgan fingerprint density at radius 3 is 2.91 bits per heavy atom. The fourth-order valence-corrected chi connectivity index (χ4v) is 2.77. The first-order valence-electron chi connectivity index (χ1n) is 6.78. The van der Waals surface area contributed by atoms with Gasteiger partial charge in [-0.05, 0) is 29.5 Å². The molecule has 0 spiro atoms. The first-order valence-corrected chi connectivity index (χ1v) is 7.66. The van der Waals surface area contributed by atoms with Gasteiger partial charge in [0.25, 0.3) is 5.91 Å². The van der Waals surface area contributed by atoms with Crippen molar-refractivity contribution >= 4 is 22.9 Å². The second kappa shape index (κ2) is 6.02. The monoisotopic (exact) mass is 314 g/mol. The van der Waals surface area contributed by atoms with Crippen LogP contribution in [0.4, 0.5) is 5.69 Å². The highest BCUT2D eigenvalue weighted by Crippen LogP contribution is 2.22. The number of aryl methyl sites for hydroxylation is 2. The van der Waals surface area contributed by atoms with Crippen LogP contribution < -0.4 is 5.32 Å². The first-order chi connectivity index (χ1) is 10.7.